The zero-order valence-electron chi connectivity index (χ0n) is 19.9. The minimum absolute atomic E-state index is 0.0991. The van der Waals surface area contributed by atoms with Gasteiger partial charge in [-0.05, 0) is 69.1 Å². The van der Waals surface area contributed by atoms with Crippen molar-refractivity contribution >= 4 is 11.8 Å². The number of aromatic nitrogens is 1. The van der Waals surface area contributed by atoms with Gasteiger partial charge in [0.05, 0.1) is 11.7 Å². The first-order valence-electron chi connectivity index (χ1n) is 12.1. The first-order valence-corrected chi connectivity index (χ1v) is 12.1. The van der Waals surface area contributed by atoms with Gasteiger partial charge in [0, 0.05) is 11.8 Å². The van der Waals surface area contributed by atoms with Crippen LogP contribution in [0.5, 0.6) is 11.5 Å². The summed E-state index contributed by atoms with van der Waals surface area (Å²) in [6, 6.07) is 20.2. The number of rotatable bonds is 8. The molecule has 1 aromatic heterocycles. The molecule has 6 heteroatoms. The van der Waals surface area contributed by atoms with E-state index in [1.165, 1.54) is 6.42 Å². The van der Waals surface area contributed by atoms with E-state index < -0.39 is 6.04 Å². The normalized spacial score (nSPS) is 15.9. The lowest BCUT2D eigenvalue weighted by atomic mass is 9.83. The smallest absolute Gasteiger partial charge is 0.253 e. The number of carbonyl (C=O) groups excluding carboxylic acids is 2. The van der Waals surface area contributed by atoms with Crippen LogP contribution in [0.4, 0.5) is 0 Å². The van der Waals surface area contributed by atoms with Crippen LogP contribution in [0.2, 0.25) is 0 Å². The summed E-state index contributed by atoms with van der Waals surface area (Å²) in [6.07, 6.45) is 7.03. The zero-order valence-corrected chi connectivity index (χ0v) is 19.9. The lowest BCUT2D eigenvalue weighted by Gasteiger charge is -2.31. The Hall–Kier alpha value is -3.38. The SMILES string of the molecule is CN[C@@H](C)C(=O)N[C@H](C(=O)n1cccc1-c1cccc(Oc2ccccc2)c1)C1CCCCC1. The van der Waals surface area contributed by atoms with Crippen molar-refractivity contribution in [3.8, 4) is 22.8 Å². The minimum Gasteiger partial charge on any atom is -0.457 e. The van der Waals surface area contributed by atoms with Crippen LogP contribution in [0.1, 0.15) is 43.8 Å². The highest BCUT2D eigenvalue weighted by molar-refractivity contribution is 5.93. The quantitative estimate of drug-likeness (QED) is 0.482. The molecule has 1 aliphatic rings. The number of ether oxygens (including phenoxy) is 1. The molecular weight excluding hydrogens is 426 g/mol. The third kappa shape index (κ3) is 5.57. The van der Waals surface area contributed by atoms with Gasteiger partial charge in [0.2, 0.25) is 5.91 Å². The number of likely N-dealkylation sites (N-methyl/N-ethyl adjacent to an activating group) is 1. The predicted octanol–water partition coefficient (Wildman–Crippen LogP) is 5.26. The second kappa shape index (κ2) is 11.2. The van der Waals surface area contributed by atoms with E-state index in [1.54, 1.807) is 24.7 Å². The standard InChI is InChI=1S/C28H33N3O3/c1-20(29-2)27(32)30-26(21-11-5-3-6-12-21)28(33)31-18-10-17-25(31)22-13-9-16-24(19-22)34-23-14-7-4-8-15-23/h4,7-10,13-21,26,29H,3,5-6,11-12H2,1-2H3,(H,30,32)/t20-,26-/m0/s1. The number of benzene rings is 2. The van der Waals surface area contributed by atoms with Crippen LogP contribution in [0, 0.1) is 5.92 Å². The van der Waals surface area contributed by atoms with Crippen LogP contribution >= 0.6 is 0 Å². The van der Waals surface area contributed by atoms with Crippen LogP contribution in [-0.4, -0.2) is 35.5 Å². The molecule has 0 unspecified atom stereocenters. The van der Waals surface area contributed by atoms with E-state index in [2.05, 4.69) is 10.6 Å². The monoisotopic (exact) mass is 459 g/mol. The van der Waals surface area contributed by atoms with Gasteiger partial charge in [-0.2, -0.15) is 0 Å². The molecule has 0 saturated heterocycles. The summed E-state index contributed by atoms with van der Waals surface area (Å²) in [4.78, 5) is 26.5. The highest BCUT2D eigenvalue weighted by Gasteiger charge is 2.33. The van der Waals surface area contributed by atoms with Crippen molar-refractivity contribution in [2.75, 3.05) is 7.05 Å². The number of nitrogens with one attached hydrogen (secondary N) is 2. The molecule has 178 valence electrons. The molecule has 34 heavy (non-hydrogen) atoms. The molecule has 0 radical (unpaired) electrons. The van der Waals surface area contributed by atoms with Crippen molar-refractivity contribution in [1.82, 2.24) is 15.2 Å². The van der Waals surface area contributed by atoms with Crippen LogP contribution in [0.15, 0.2) is 72.9 Å². The van der Waals surface area contributed by atoms with E-state index in [9.17, 15) is 9.59 Å². The van der Waals surface area contributed by atoms with Crippen molar-refractivity contribution in [2.45, 2.75) is 51.1 Å². The van der Waals surface area contributed by atoms with Crippen LogP contribution in [-0.2, 0) is 4.79 Å². The molecule has 1 heterocycles. The Bertz CT molecular complexity index is 1100. The molecule has 0 spiro atoms. The average Bonchev–Trinajstić information content (AvgIpc) is 3.38. The van der Waals surface area contributed by atoms with Crippen molar-refractivity contribution in [1.29, 1.82) is 0 Å². The van der Waals surface area contributed by atoms with E-state index in [-0.39, 0.29) is 23.8 Å². The summed E-state index contributed by atoms with van der Waals surface area (Å²) < 4.78 is 7.67. The first-order chi connectivity index (χ1) is 16.6. The zero-order chi connectivity index (χ0) is 23.9. The maximum absolute atomic E-state index is 13.8. The number of nitrogens with zero attached hydrogens (tertiary/aromatic N) is 1. The van der Waals surface area contributed by atoms with Crippen molar-refractivity contribution in [2.24, 2.45) is 5.92 Å². The van der Waals surface area contributed by atoms with Gasteiger partial charge in [-0.1, -0.05) is 49.6 Å². The molecule has 2 N–H and O–H groups in total. The molecule has 3 aromatic rings. The summed E-state index contributed by atoms with van der Waals surface area (Å²) in [6.45, 7) is 1.80. The van der Waals surface area contributed by atoms with E-state index in [0.29, 0.717) is 5.75 Å². The van der Waals surface area contributed by atoms with Crippen LogP contribution in [0.3, 0.4) is 0 Å². The number of para-hydroxylation sites is 1. The molecule has 2 atom stereocenters. The molecule has 4 rings (SSSR count). The van der Waals surface area contributed by atoms with Gasteiger partial charge >= 0.3 is 0 Å². The number of carbonyl (C=O) groups is 2. The lowest BCUT2D eigenvalue weighted by molar-refractivity contribution is -0.123. The van der Waals surface area contributed by atoms with Gasteiger partial charge in [-0.3, -0.25) is 14.2 Å². The molecule has 1 amide bonds. The van der Waals surface area contributed by atoms with Gasteiger partial charge in [-0.25, -0.2) is 0 Å². The fourth-order valence-corrected chi connectivity index (χ4v) is 4.56. The molecule has 6 nitrogen and oxygen atoms in total. The Morgan fingerprint density at radius 1 is 0.941 bits per heavy atom. The molecule has 0 aliphatic heterocycles. The van der Waals surface area contributed by atoms with Gasteiger partial charge in [-0.15, -0.1) is 0 Å². The van der Waals surface area contributed by atoms with Gasteiger partial charge in [0.1, 0.15) is 17.5 Å². The Morgan fingerprint density at radius 3 is 2.41 bits per heavy atom. The summed E-state index contributed by atoms with van der Waals surface area (Å²) in [5.74, 6) is 1.34. The number of hydrogen-bond acceptors (Lipinski definition) is 4. The Morgan fingerprint density at radius 2 is 1.68 bits per heavy atom. The van der Waals surface area contributed by atoms with Gasteiger partial charge in [0.15, 0.2) is 0 Å². The molecule has 1 saturated carbocycles. The second-order valence-electron chi connectivity index (χ2n) is 8.94. The molecule has 0 bridgehead atoms. The average molecular weight is 460 g/mol. The molecule has 1 fully saturated rings. The topological polar surface area (TPSA) is 72.4 Å². The predicted molar refractivity (Wildman–Crippen MR) is 134 cm³/mol. The molecule has 1 aliphatic carbocycles. The minimum atomic E-state index is -0.557. The van der Waals surface area contributed by atoms with Crippen molar-refractivity contribution in [3.63, 3.8) is 0 Å². The largest absolute Gasteiger partial charge is 0.457 e. The lowest BCUT2D eigenvalue weighted by Crippen LogP contribution is -2.53. The van der Waals surface area contributed by atoms with Crippen LogP contribution < -0.4 is 15.4 Å². The number of hydrogen-bond donors (Lipinski definition) is 2. The third-order valence-electron chi connectivity index (χ3n) is 6.61. The first kappa shape index (κ1) is 23.8. The van der Waals surface area contributed by atoms with Gasteiger partial charge in [0.25, 0.3) is 5.91 Å². The summed E-state index contributed by atoms with van der Waals surface area (Å²) >= 11 is 0. The highest BCUT2D eigenvalue weighted by atomic mass is 16.5. The number of amides is 1. The third-order valence-corrected chi connectivity index (χ3v) is 6.61. The fraction of sp³-hybridized carbons (Fsp3) is 0.357. The van der Waals surface area contributed by atoms with E-state index in [0.717, 1.165) is 42.7 Å². The maximum Gasteiger partial charge on any atom is 0.253 e. The second-order valence-corrected chi connectivity index (χ2v) is 8.94. The van der Waals surface area contributed by atoms with E-state index in [1.807, 2.05) is 66.7 Å². The van der Waals surface area contributed by atoms with Crippen molar-refractivity contribution in [3.05, 3.63) is 72.9 Å². The fourth-order valence-electron chi connectivity index (χ4n) is 4.56. The summed E-state index contributed by atoms with van der Waals surface area (Å²) in [5, 5.41) is 6.02. The summed E-state index contributed by atoms with van der Waals surface area (Å²) in [5.41, 5.74) is 1.66. The van der Waals surface area contributed by atoms with Crippen LogP contribution in [0.25, 0.3) is 11.3 Å². The highest BCUT2D eigenvalue weighted by Crippen LogP contribution is 2.31. The molecular formula is C28H33N3O3. The summed E-state index contributed by atoms with van der Waals surface area (Å²) in [7, 11) is 1.75. The van der Waals surface area contributed by atoms with Gasteiger partial charge < -0.3 is 15.4 Å². The van der Waals surface area contributed by atoms with Crippen molar-refractivity contribution < 1.29 is 14.3 Å². The molecule has 2 aromatic carbocycles. The Kier molecular flexibility index (Phi) is 7.80. The Labute approximate surface area is 201 Å². The Balaban J connectivity index is 1.61. The maximum atomic E-state index is 13.8. The van der Waals surface area contributed by atoms with E-state index >= 15 is 0 Å². The van der Waals surface area contributed by atoms with E-state index in [4.69, 9.17) is 4.74 Å².